The summed E-state index contributed by atoms with van der Waals surface area (Å²) in [6.45, 7) is 2.04. The number of hydrogen-bond acceptors (Lipinski definition) is 7. The van der Waals surface area contributed by atoms with Gasteiger partial charge in [-0.2, -0.15) is 5.26 Å². The number of H-pyrrole nitrogens is 1. The van der Waals surface area contributed by atoms with Gasteiger partial charge >= 0.3 is 5.69 Å². The predicted octanol–water partition coefficient (Wildman–Crippen LogP) is -1.47. The molecule has 1 aromatic rings. The lowest BCUT2D eigenvalue weighted by atomic mass is 10.1. The van der Waals surface area contributed by atoms with Gasteiger partial charge in [-0.3, -0.25) is 19.7 Å². The number of aryl methyl sites for hydroxylation is 1. The number of fused-ring (bicyclic) bond motifs is 1. The van der Waals surface area contributed by atoms with Crippen LogP contribution in [-0.2, 0) is 4.74 Å². The van der Waals surface area contributed by atoms with Crippen LogP contribution in [0.25, 0.3) is 0 Å². The number of aromatic nitrogens is 2. The van der Waals surface area contributed by atoms with Crippen LogP contribution in [0, 0.1) is 18.4 Å². The number of rotatable bonds is 1. The Labute approximate surface area is 119 Å². The molecule has 0 bridgehead atoms. The molecule has 110 valence electrons. The maximum atomic E-state index is 11.9. The van der Waals surface area contributed by atoms with Crippen LogP contribution in [0.2, 0.25) is 0 Å². The molecule has 0 spiro atoms. The van der Waals surface area contributed by atoms with Crippen LogP contribution in [-0.4, -0.2) is 34.2 Å². The molecule has 0 unspecified atom stereocenters. The van der Waals surface area contributed by atoms with Crippen molar-refractivity contribution in [2.45, 2.75) is 31.7 Å². The first kappa shape index (κ1) is 13.4. The minimum atomic E-state index is -0.495. The van der Waals surface area contributed by atoms with Gasteiger partial charge in [0.25, 0.3) is 5.56 Å². The van der Waals surface area contributed by atoms with Gasteiger partial charge in [-0.1, -0.05) is 0 Å². The minimum absolute atomic E-state index is 0.0394. The summed E-state index contributed by atoms with van der Waals surface area (Å²) < 4.78 is 7.20. The van der Waals surface area contributed by atoms with E-state index in [0.717, 1.165) is 0 Å². The maximum absolute atomic E-state index is 11.9. The van der Waals surface area contributed by atoms with Gasteiger partial charge in [0.2, 0.25) is 5.96 Å². The Morgan fingerprint density at radius 3 is 3.14 bits per heavy atom. The molecule has 9 heteroatoms. The highest BCUT2D eigenvalue weighted by molar-refractivity contribution is 5.82. The van der Waals surface area contributed by atoms with E-state index in [9.17, 15) is 9.59 Å². The third-order valence-corrected chi connectivity index (χ3v) is 3.62. The summed E-state index contributed by atoms with van der Waals surface area (Å²) in [5.74, 6) is 0.410. The Balaban J connectivity index is 1.81. The quantitative estimate of drug-likeness (QED) is 0.428. The summed E-state index contributed by atoms with van der Waals surface area (Å²) in [6.07, 6.45) is 3.21. The van der Waals surface area contributed by atoms with Gasteiger partial charge in [0, 0.05) is 18.2 Å². The number of nitrogens with one attached hydrogen (secondary N) is 3. The lowest BCUT2D eigenvalue weighted by Crippen LogP contribution is -2.50. The highest BCUT2D eigenvalue weighted by Crippen LogP contribution is 2.29. The molecule has 0 radical (unpaired) electrons. The molecule has 2 aliphatic heterocycles. The van der Waals surface area contributed by atoms with Crippen LogP contribution >= 0.6 is 0 Å². The molecule has 9 nitrogen and oxygen atoms in total. The van der Waals surface area contributed by atoms with Crippen LogP contribution in [0.3, 0.4) is 0 Å². The van der Waals surface area contributed by atoms with Gasteiger partial charge in [0.1, 0.15) is 12.3 Å². The molecule has 0 saturated carbocycles. The Hall–Kier alpha value is -2.60. The molecular weight excluding hydrogens is 276 g/mol. The van der Waals surface area contributed by atoms with E-state index in [0.29, 0.717) is 24.5 Å². The molecule has 3 atom stereocenters. The molecule has 2 aliphatic rings. The average Bonchev–Trinajstić information content (AvgIpc) is 2.86. The Kier molecular flexibility index (Phi) is 3.23. The van der Waals surface area contributed by atoms with Crippen molar-refractivity contribution < 1.29 is 4.74 Å². The van der Waals surface area contributed by atoms with E-state index in [1.165, 1.54) is 10.8 Å². The molecule has 3 heterocycles. The number of nitriles is 1. The Bertz CT molecular complexity index is 743. The minimum Gasteiger partial charge on any atom is -0.350 e. The largest absolute Gasteiger partial charge is 0.350 e. The Morgan fingerprint density at radius 1 is 1.57 bits per heavy atom. The number of aliphatic imine (C=N–C) groups is 1. The number of nitrogens with zero attached hydrogens (tertiary/aromatic N) is 3. The van der Waals surface area contributed by atoms with Crippen LogP contribution in [0.4, 0.5) is 0 Å². The fraction of sp³-hybridized carbons (Fsp3) is 0.500. The van der Waals surface area contributed by atoms with Crippen molar-refractivity contribution in [2.24, 2.45) is 4.99 Å². The average molecular weight is 290 g/mol. The number of ether oxygens (including phenoxy) is 1. The van der Waals surface area contributed by atoms with Gasteiger partial charge < -0.3 is 10.1 Å². The van der Waals surface area contributed by atoms with Crippen molar-refractivity contribution in [1.29, 1.82) is 5.26 Å². The molecule has 1 aromatic heterocycles. The van der Waals surface area contributed by atoms with E-state index >= 15 is 0 Å². The molecule has 3 N–H and O–H groups in total. The molecule has 1 fully saturated rings. The zero-order valence-electron chi connectivity index (χ0n) is 11.3. The highest BCUT2D eigenvalue weighted by atomic mass is 16.5. The summed E-state index contributed by atoms with van der Waals surface area (Å²) in [7, 11) is 0. The first-order chi connectivity index (χ1) is 10.1. The second-order valence-electron chi connectivity index (χ2n) is 5.02. The monoisotopic (exact) mass is 290 g/mol. The standard InChI is InChI=1S/C12H14N6O3/c1-6-4-18(12(20)17-10(6)19)9-2-7-8(21-9)3-14-11(16-7)15-5-13/h4,7-9H,2-3H2,1H3,(H2,14,15,16)(H,17,19,20)/t7-,8+,9+/m0/s1. The third kappa shape index (κ3) is 2.41. The van der Waals surface area contributed by atoms with Crippen LogP contribution < -0.4 is 21.9 Å². The Morgan fingerprint density at radius 2 is 2.38 bits per heavy atom. The summed E-state index contributed by atoms with van der Waals surface area (Å²) in [5.41, 5.74) is -0.441. The predicted molar refractivity (Wildman–Crippen MR) is 72.6 cm³/mol. The first-order valence-electron chi connectivity index (χ1n) is 6.52. The van der Waals surface area contributed by atoms with Gasteiger partial charge in [0.15, 0.2) is 6.19 Å². The summed E-state index contributed by atoms with van der Waals surface area (Å²) in [4.78, 5) is 29.7. The SMILES string of the molecule is Cc1cn([C@H]2C[C@@H]3NC(NC#N)=NC[C@H]3O2)c(=O)[nH]c1=O. The number of hydrogen-bond donors (Lipinski definition) is 3. The molecule has 21 heavy (non-hydrogen) atoms. The highest BCUT2D eigenvalue weighted by Gasteiger charge is 2.39. The van der Waals surface area contributed by atoms with Crippen molar-refractivity contribution in [3.05, 3.63) is 32.6 Å². The number of aromatic amines is 1. The topological polar surface area (TPSA) is 124 Å². The summed E-state index contributed by atoms with van der Waals surface area (Å²) >= 11 is 0. The van der Waals surface area contributed by atoms with Crippen LogP contribution in [0.5, 0.6) is 0 Å². The smallest absolute Gasteiger partial charge is 0.330 e. The van der Waals surface area contributed by atoms with Crippen molar-refractivity contribution in [3.63, 3.8) is 0 Å². The molecule has 1 saturated heterocycles. The zero-order chi connectivity index (χ0) is 15.0. The van der Waals surface area contributed by atoms with Gasteiger partial charge in [-0.25, -0.2) is 9.79 Å². The van der Waals surface area contributed by atoms with E-state index in [1.54, 1.807) is 13.1 Å². The first-order valence-corrected chi connectivity index (χ1v) is 6.52. The fourth-order valence-electron chi connectivity index (χ4n) is 2.55. The molecule has 3 rings (SSSR count). The van der Waals surface area contributed by atoms with E-state index in [1.807, 2.05) is 0 Å². The van der Waals surface area contributed by atoms with Crippen molar-refractivity contribution in [3.8, 4) is 6.19 Å². The van der Waals surface area contributed by atoms with Crippen LogP contribution in [0.15, 0.2) is 20.8 Å². The van der Waals surface area contributed by atoms with Gasteiger partial charge in [0.05, 0.1) is 12.6 Å². The fourth-order valence-corrected chi connectivity index (χ4v) is 2.55. The molecular formula is C12H14N6O3. The van der Waals surface area contributed by atoms with E-state index in [-0.39, 0.29) is 12.1 Å². The lowest BCUT2D eigenvalue weighted by Gasteiger charge is -2.24. The maximum Gasteiger partial charge on any atom is 0.330 e. The number of guanidine groups is 1. The van der Waals surface area contributed by atoms with Crippen LogP contribution in [0.1, 0.15) is 18.2 Å². The second kappa shape index (κ2) is 5.06. The third-order valence-electron chi connectivity index (χ3n) is 3.62. The summed E-state index contributed by atoms with van der Waals surface area (Å²) in [5, 5.41) is 14.1. The van der Waals surface area contributed by atoms with Crippen molar-refractivity contribution in [2.75, 3.05) is 6.54 Å². The lowest BCUT2D eigenvalue weighted by molar-refractivity contribution is -0.000258. The summed E-state index contributed by atoms with van der Waals surface area (Å²) in [6, 6.07) is -0.0394. The molecule has 0 aliphatic carbocycles. The molecule has 0 aromatic carbocycles. The normalized spacial score (nSPS) is 27.2. The van der Waals surface area contributed by atoms with E-state index < -0.39 is 17.5 Å². The van der Waals surface area contributed by atoms with Crippen molar-refractivity contribution in [1.82, 2.24) is 20.2 Å². The molecule has 0 amide bonds. The van der Waals surface area contributed by atoms with Crippen molar-refractivity contribution >= 4 is 5.96 Å². The van der Waals surface area contributed by atoms with E-state index in [2.05, 4.69) is 20.6 Å². The van der Waals surface area contributed by atoms with Gasteiger partial charge in [-0.05, 0) is 6.92 Å². The second-order valence-corrected chi connectivity index (χ2v) is 5.02. The zero-order valence-corrected chi connectivity index (χ0v) is 11.3. The van der Waals surface area contributed by atoms with E-state index in [4.69, 9.17) is 10.00 Å². The van der Waals surface area contributed by atoms with Gasteiger partial charge in [-0.15, -0.1) is 0 Å².